The van der Waals surface area contributed by atoms with E-state index >= 15 is 0 Å². The molecule has 0 bridgehead atoms. The Morgan fingerprint density at radius 3 is 2.50 bits per heavy atom. The highest BCUT2D eigenvalue weighted by Crippen LogP contribution is 2.30. The molecule has 2 aromatic rings. The van der Waals surface area contributed by atoms with Gasteiger partial charge in [-0.05, 0) is 43.5 Å². The fraction of sp³-hybridized carbons (Fsp3) is 0.368. The van der Waals surface area contributed by atoms with Gasteiger partial charge in [-0.15, -0.1) is 0 Å². The number of amides is 1. The van der Waals surface area contributed by atoms with Crippen LogP contribution >= 0.6 is 23.2 Å². The van der Waals surface area contributed by atoms with Gasteiger partial charge in [0.2, 0.25) is 15.9 Å². The van der Waals surface area contributed by atoms with E-state index in [1.807, 2.05) is 0 Å². The second-order valence-corrected chi connectivity index (χ2v) is 9.52. The van der Waals surface area contributed by atoms with Gasteiger partial charge in [0.15, 0.2) is 0 Å². The molecule has 1 aromatic carbocycles. The maximum atomic E-state index is 13.0. The van der Waals surface area contributed by atoms with Crippen molar-refractivity contribution in [2.24, 2.45) is 0 Å². The van der Waals surface area contributed by atoms with Gasteiger partial charge < -0.3 is 15.2 Å². The first-order valence-electron chi connectivity index (χ1n) is 9.34. The quantitative estimate of drug-likeness (QED) is 0.603. The van der Waals surface area contributed by atoms with Gasteiger partial charge in [-0.3, -0.25) is 4.79 Å². The summed E-state index contributed by atoms with van der Waals surface area (Å²) < 4.78 is 30.1. The third kappa shape index (κ3) is 4.90. The number of halogens is 2. The topological polar surface area (TPSA) is 121 Å². The third-order valence-corrected chi connectivity index (χ3v) is 7.06. The van der Waals surface area contributed by atoms with Crippen LogP contribution in [0.15, 0.2) is 35.4 Å². The van der Waals surface area contributed by atoms with Crippen molar-refractivity contribution in [1.82, 2.24) is 14.2 Å². The Balaban J connectivity index is 1.85. The van der Waals surface area contributed by atoms with Crippen LogP contribution in [-0.2, 0) is 21.4 Å². The maximum Gasteiger partial charge on any atom is 0.241 e. The van der Waals surface area contributed by atoms with Crippen LogP contribution in [0.25, 0.3) is 0 Å². The summed E-state index contributed by atoms with van der Waals surface area (Å²) in [5.41, 5.74) is 6.20. The number of nitrogens with one attached hydrogen (secondary N) is 1. The molecule has 1 aliphatic rings. The molecule has 3 rings (SSSR count). The summed E-state index contributed by atoms with van der Waals surface area (Å²) in [7, 11) is -4.10. The molecule has 1 aliphatic heterocycles. The second-order valence-electron chi connectivity index (χ2n) is 6.99. The van der Waals surface area contributed by atoms with E-state index in [4.69, 9.17) is 28.9 Å². The number of hydrogen-bond donors (Lipinski definition) is 2. The fourth-order valence-electron chi connectivity index (χ4n) is 3.34. The lowest BCUT2D eigenvalue weighted by Crippen LogP contribution is -2.48. The molecule has 0 radical (unpaired) electrons. The minimum atomic E-state index is -4.10. The first-order valence-corrected chi connectivity index (χ1v) is 11.6. The van der Waals surface area contributed by atoms with E-state index in [9.17, 15) is 18.5 Å². The number of nitriles is 1. The molecule has 0 aliphatic carbocycles. The third-order valence-electron chi connectivity index (χ3n) is 4.98. The Morgan fingerprint density at radius 1 is 1.27 bits per heavy atom. The molecule has 30 heavy (non-hydrogen) atoms. The van der Waals surface area contributed by atoms with Gasteiger partial charge >= 0.3 is 0 Å². The monoisotopic (exact) mass is 469 g/mol. The molecule has 1 fully saturated rings. The number of aryl methyl sites for hydroxylation is 1. The van der Waals surface area contributed by atoms with Crippen LogP contribution < -0.4 is 10.5 Å². The summed E-state index contributed by atoms with van der Waals surface area (Å²) in [5, 5.41) is 9.19. The summed E-state index contributed by atoms with van der Waals surface area (Å²) in [4.78, 5) is 14.5. The fourth-order valence-corrected chi connectivity index (χ4v) is 5.23. The highest BCUT2D eigenvalue weighted by molar-refractivity contribution is 7.89. The summed E-state index contributed by atoms with van der Waals surface area (Å²) in [6.07, 6.45) is 3.65. The van der Waals surface area contributed by atoms with Crippen LogP contribution in [0.1, 0.15) is 25.0 Å². The molecule has 1 amide bonds. The number of nitrogens with two attached hydrogens (primary N) is 1. The van der Waals surface area contributed by atoms with E-state index in [1.165, 1.54) is 12.1 Å². The van der Waals surface area contributed by atoms with Gasteiger partial charge in [-0.2, -0.15) is 9.98 Å². The smallest absolute Gasteiger partial charge is 0.241 e. The minimum absolute atomic E-state index is 0.0105. The van der Waals surface area contributed by atoms with Gasteiger partial charge in [0, 0.05) is 25.8 Å². The molecule has 1 atom stereocenters. The number of likely N-dealkylation sites (tertiary alicyclic amines) is 1. The molecule has 1 aromatic heterocycles. The van der Waals surface area contributed by atoms with Crippen LogP contribution in [0, 0.1) is 11.3 Å². The average Bonchev–Trinajstić information content (AvgIpc) is 3.39. The van der Waals surface area contributed by atoms with Crippen molar-refractivity contribution in [3.05, 3.63) is 46.2 Å². The Labute approximate surface area is 185 Å². The molecule has 1 unspecified atom stereocenters. The van der Waals surface area contributed by atoms with E-state index in [-0.39, 0.29) is 33.0 Å². The molecular weight excluding hydrogens is 449 g/mol. The molecule has 1 saturated heterocycles. The maximum absolute atomic E-state index is 13.0. The van der Waals surface area contributed by atoms with Crippen LogP contribution in [0.4, 0.5) is 5.69 Å². The molecular formula is C19H21Cl2N5O3S. The number of sulfonamides is 1. The number of carbonyl (C=O) groups is 1. The normalized spacial score (nSPS) is 15.2. The average molecular weight is 470 g/mol. The number of benzene rings is 1. The minimum Gasteiger partial charge on any atom is -0.396 e. The Bertz CT molecular complexity index is 1060. The van der Waals surface area contributed by atoms with Crippen molar-refractivity contribution in [1.29, 1.82) is 5.26 Å². The highest BCUT2D eigenvalue weighted by Gasteiger charge is 2.31. The number of hydrogen-bond acceptors (Lipinski definition) is 5. The van der Waals surface area contributed by atoms with Crippen LogP contribution in [0.3, 0.4) is 0 Å². The van der Waals surface area contributed by atoms with E-state index in [0.29, 0.717) is 25.3 Å². The lowest BCUT2D eigenvalue weighted by Gasteiger charge is -2.24. The predicted octanol–water partition coefficient (Wildman–Crippen LogP) is 2.61. The van der Waals surface area contributed by atoms with E-state index in [0.717, 1.165) is 12.8 Å². The zero-order chi connectivity index (χ0) is 21.9. The van der Waals surface area contributed by atoms with Gasteiger partial charge in [0.05, 0.1) is 20.6 Å². The lowest BCUT2D eigenvalue weighted by molar-refractivity contribution is -0.132. The van der Waals surface area contributed by atoms with Crippen molar-refractivity contribution < 1.29 is 13.2 Å². The summed E-state index contributed by atoms with van der Waals surface area (Å²) in [5.74, 6) is -0.297. The molecule has 3 N–H and O–H groups in total. The number of nitrogens with zero attached hydrogens (tertiary/aromatic N) is 3. The van der Waals surface area contributed by atoms with E-state index in [2.05, 4.69) is 10.8 Å². The molecule has 160 valence electrons. The molecule has 0 spiro atoms. The Hall–Kier alpha value is -2.25. The van der Waals surface area contributed by atoms with Crippen molar-refractivity contribution in [2.45, 2.75) is 36.7 Å². The van der Waals surface area contributed by atoms with Crippen LogP contribution in [-0.4, -0.2) is 42.9 Å². The molecule has 11 heteroatoms. The molecule has 0 saturated carbocycles. The number of nitrogen functional groups attached to an aromatic ring is 1. The SMILES string of the molecule is N#Cc1cccn1CCC(NS(=O)(=O)c1cc(Cl)c(N)c(Cl)c1)C(=O)N1CCCC1. The van der Waals surface area contributed by atoms with Gasteiger partial charge in [0.25, 0.3) is 0 Å². The standard InChI is InChI=1S/C19H21Cl2N5O3S/c20-15-10-14(11-16(21)18(15)23)30(28,29)24-17(19(27)26-6-1-2-7-26)5-9-25-8-3-4-13(25)12-22/h3-4,8,10-11,17,24H,1-2,5-7,9,23H2. The second kappa shape index (κ2) is 9.27. The first-order chi connectivity index (χ1) is 14.2. The van der Waals surface area contributed by atoms with Crippen molar-refractivity contribution in [2.75, 3.05) is 18.8 Å². The van der Waals surface area contributed by atoms with E-state index < -0.39 is 16.1 Å². The zero-order valence-corrected chi connectivity index (χ0v) is 18.3. The summed E-state index contributed by atoms with van der Waals surface area (Å²) in [6.45, 7) is 1.47. The molecule has 8 nitrogen and oxygen atoms in total. The van der Waals surface area contributed by atoms with Crippen LogP contribution in [0.2, 0.25) is 10.0 Å². The lowest BCUT2D eigenvalue weighted by atomic mass is 10.2. The predicted molar refractivity (Wildman–Crippen MR) is 115 cm³/mol. The molecule has 2 heterocycles. The highest BCUT2D eigenvalue weighted by atomic mass is 35.5. The number of rotatable bonds is 7. The summed E-state index contributed by atoms with van der Waals surface area (Å²) >= 11 is 12.0. The van der Waals surface area contributed by atoms with Gasteiger partial charge in [-0.25, -0.2) is 8.42 Å². The first kappa shape index (κ1) is 22.4. The Morgan fingerprint density at radius 2 is 1.90 bits per heavy atom. The van der Waals surface area contributed by atoms with Crippen LogP contribution in [0.5, 0.6) is 0 Å². The van der Waals surface area contributed by atoms with Crippen molar-refractivity contribution in [3.8, 4) is 6.07 Å². The van der Waals surface area contributed by atoms with E-state index in [1.54, 1.807) is 27.8 Å². The summed E-state index contributed by atoms with van der Waals surface area (Å²) in [6, 6.07) is 6.83. The largest absolute Gasteiger partial charge is 0.396 e. The van der Waals surface area contributed by atoms with Gasteiger partial charge in [0.1, 0.15) is 17.8 Å². The number of carbonyl (C=O) groups excluding carboxylic acids is 1. The Kier molecular flexibility index (Phi) is 6.93. The zero-order valence-electron chi connectivity index (χ0n) is 16.0. The van der Waals surface area contributed by atoms with Gasteiger partial charge in [-0.1, -0.05) is 23.2 Å². The van der Waals surface area contributed by atoms with Crippen molar-refractivity contribution in [3.63, 3.8) is 0 Å². The number of anilines is 1. The van der Waals surface area contributed by atoms with Crippen molar-refractivity contribution >= 4 is 44.8 Å². The number of aromatic nitrogens is 1.